The van der Waals surface area contributed by atoms with E-state index in [1.54, 1.807) is 13.8 Å². The Hall–Kier alpha value is -0.220. The fourth-order valence-corrected chi connectivity index (χ4v) is 1.70. The molecular weight excluding hydrogens is 219 g/mol. The van der Waals surface area contributed by atoms with E-state index in [4.69, 9.17) is 18.3 Å². The van der Waals surface area contributed by atoms with E-state index in [0.29, 0.717) is 19.8 Å². The van der Waals surface area contributed by atoms with E-state index in [9.17, 15) is 4.79 Å². The third kappa shape index (κ3) is 6.79. The largest absolute Gasteiger partial charge is 0.464 e. The predicted molar refractivity (Wildman–Crippen MR) is 57.4 cm³/mol. The molecule has 1 atom stereocenters. The summed E-state index contributed by atoms with van der Waals surface area (Å²) in [5, 5.41) is 0. The zero-order valence-electron chi connectivity index (χ0n) is 9.69. The van der Waals surface area contributed by atoms with Gasteiger partial charge < -0.3 is 13.8 Å². The first-order valence-corrected chi connectivity index (χ1v) is 6.14. The molecule has 0 saturated carbocycles. The molecule has 0 aliphatic rings. The lowest BCUT2D eigenvalue weighted by Crippen LogP contribution is -2.22. The highest BCUT2D eigenvalue weighted by atomic mass is 31.2. The first-order chi connectivity index (χ1) is 7.15. The van der Waals surface area contributed by atoms with Crippen molar-refractivity contribution in [3.05, 3.63) is 0 Å². The van der Waals surface area contributed by atoms with E-state index >= 15 is 0 Å². The standard InChI is InChI=1S/C9H19O5P/c1-5-11-9(10)8(4)14-15(12-6-2)13-7-3/h8H,5-7H2,1-4H3. The van der Waals surface area contributed by atoms with Gasteiger partial charge in [0, 0.05) is 0 Å². The third-order valence-electron chi connectivity index (χ3n) is 1.33. The summed E-state index contributed by atoms with van der Waals surface area (Å²) in [5.74, 6) is -0.399. The zero-order valence-corrected chi connectivity index (χ0v) is 10.6. The Morgan fingerprint density at radius 1 is 1.13 bits per heavy atom. The first-order valence-electron chi connectivity index (χ1n) is 5.05. The normalized spacial score (nSPS) is 12.9. The van der Waals surface area contributed by atoms with Gasteiger partial charge in [0.1, 0.15) is 0 Å². The minimum absolute atomic E-state index is 0.341. The topological polar surface area (TPSA) is 54.0 Å². The Labute approximate surface area is 92.0 Å². The fourth-order valence-electron chi connectivity index (χ4n) is 0.741. The van der Waals surface area contributed by atoms with E-state index in [1.807, 2.05) is 13.8 Å². The molecule has 0 bridgehead atoms. The number of hydrogen-bond donors (Lipinski definition) is 0. The van der Waals surface area contributed by atoms with Crippen LogP contribution in [0.2, 0.25) is 0 Å². The molecule has 0 rings (SSSR count). The summed E-state index contributed by atoms with van der Waals surface area (Å²) in [4.78, 5) is 11.2. The van der Waals surface area contributed by atoms with Gasteiger partial charge in [-0.3, -0.25) is 4.52 Å². The maximum Gasteiger partial charge on any atom is 0.335 e. The molecule has 0 aromatic carbocycles. The number of hydrogen-bond acceptors (Lipinski definition) is 5. The van der Waals surface area contributed by atoms with Crippen LogP contribution in [-0.2, 0) is 23.1 Å². The molecule has 0 heterocycles. The van der Waals surface area contributed by atoms with Crippen LogP contribution in [0.25, 0.3) is 0 Å². The molecule has 0 radical (unpaired) electrons. The average molecular weight is 238 g/mol. The summed E-state index contributed by atoms with van der Waals surface area (Å²) in [5.41, 5.74) is 0. The molecule has 6 heteroatoms. The van der Waals surface area contributed by atoms with Crippen molar-refractivity contribution in [1.29, 1.82) is 0 Å². The third-order valence-corrected chi connectivity index (χ3v) is 2.76. The van der Waals surface area contributed by atoms with Gasteiger partial charge in [0.2, 0.25) is 0 Å². The zero-order chi connectivity index (χ0) is 11.7. The van der Waals surface area contributed by atoms with Gasteiger partial charge in [-0.2, -0.15) is 0 Å². The fraction of sp³-hybridized carbons (Fsp3) is 0.889. The summed E-state index contributed by atoms with van der Waals surface area (Å²) in [6, 6.07) is 0. The highest BCUT2D eigenvalue weighted by Gasteiger charge is 2.22. The van der Waals surface area contributed by atoms with Crippen LogP contribution in [0.1, 0.15) is 27.7 Å². The van der Waals surface area contributed by atoms with Crippen LogP contribution in [0, 0.1) is 0 Å². The van der Waals surface area contributed by atoms with Crippen molar-refractivity contribution in [2.45, 2.75) is 33.8 Å². The minimum atomic E-state index is -1.44. The second kappa shape index (κ2) is 9.04. The molecular formula is C9H19O5P. The van der Waals surface area contributed by atoms with Gasteiger partial charge in [0.25, 0.3) is 0 Å². The van der Waals surface area contributed by atoms with Crippen molar-refractivity contribution < 1.29 is 23.1 Å². The maximum absolute atomic E-state index is 11.2. The maximum atomic E-state index is 11.2. The molecule has 90 valence electrons. The van der Waals surface area contributed by atoms with Gasteiger partial charge in [-0.25, -0.2) is 4.79 Å². The van der Waals surface area contributed by atoms with Crippen molar-refractivity contribution >= 4 is 14.6 Å². The van der Waals surface area contributed by atoms with E-state index in [2.05, 4.69) is 0 Å². The van der Waals surface area contributed by atoms with Crippen molar-refractivity contribution in [3.63, 3.8) is 0 Å². The van der Waals surface area contributed by atoms with Crippen LogP contribution in [0.15, 0.2) is 0 Å². The lowest BCUT2D eigenvalue weighted by Gasteiger charge is -2.18. The van der Waals surface area contributed by atoms with Gasteiger partial charge in [-0.05, 0) is 27.7 Å². The predicted octanol–water partition coefficient (Wildman–Crippen LogP) is 2.25. The lowest BCUT2D eigenvalue weighted by atomic mass is 10.4. The van der Waals surface area contributed by atoms with Gasteiger partial charge in [-0.15, -0.1) is 0 Å². The molecule has 0 aromatic rings. The van der Waals surface area contributed by atoms with Crippen LogP contribution in [0.5, 0.6) is 0 Å². The first kappa shape index (κ1) is 14.8. The van der Waals surface area contributed by atoms with Crippen LogP contribution in [0.3, 0.4) is 0 Å². The molecule has 15 heavy (non-hydrogen) atoms. The van der Waals surface area contributed by atoms with Crippen molar-refractivity contribution in [2.24, 2.45) is 0 Å². The molecule has 0 aromatic heterocycles. The quantitative estimate of drug-likeness (QED) is 0.479. The minimum Gasteiger partial charge on any atom is -0.464 e. The van der Waals surface area contributed by atoms with Crippen LogP contribution in [0.4, 0.5) is 0 Å². The van der Waals surface area contributed by atoms with Gasteiger partial charge in [-0.1, -0.05) is 0 Å². The smallest absolute Gasteiger partial charge is 0.335 e. The monoisotopic (exact) mass is 238 g/mol. The lowest BCUT2D eigenvalue weighted by molar-refractivity contribution is -0.151. The van der Waals surface area contributed by atoms with Gasteiger partial charge in [0.15, 0.2) is 6.10 Å². The van der Waals surface area contributed by atoms with Gasteiger partial charge >= 0.3 is 14.6 Å². The SMILES string of the molecule is CCOC(=O)C(C)OP(OCC)OCC. The molecule has 0 spiro atoms. The van der Waals surface area contributed by atoms with Gasteiger partial charge in [0.05, 0.1) is 19.8 Å². The van der Waals surface area contributed by atoms with Crippen molar-refractivity contribution in [2.75, 3.05) is 19.8 Å². The second-order valence-corrected chi connectivity index (χ2v) is 3.73. The van der Waals surface area contributed by atoms with E-state index in [0.717, 1.165) is 0 Å². The van der Waals surface area contributed by atoms with E-state index in [1.165, 1.54) is 0 Å². The van der Waals surface area contributed by atoms with Crippen LogP contribution < -0.4 is 0 Å². The number of carbonyl (C=O) groups is 1. The molecule has 0 aliphatic heterocycles. The Kier molecular flexibility index (Phi) is 8.91. The molecule has 0 N–H and O–H groups in total. The number of esters is 1. The molecule has 1 unspecified atom stereocenters. The molecule has 0 aliphatic carbocycles. The summed E-state index contributed by atoms with van der Waals surface area (Å²) < 4.78 is 20.5. The summed E-state index contributed by atoms with van der Waals surface area (Å²) in [6.45, 7) is 8.36. The Morgan fingerprint density at radius 2 is 1.67 bits per heavy atom. The number of rotatable bonds is 8. The van der Waals surface area contributed by atoms with Crippen LogP contribution in [-0.4, -0.2) is 31.9 Å². The summed E-state index contributed by atoms with van der Waals surface area (Å²) in [7, 11) is -1.44. The molecule has 0 saturated heterocycles. The second-order valence-electron chi connectivity index (χ2n) is 2.56. The summed E-state index contributed by atoms with van der Waals surface area (Å²) >= 11 is 0. The Morgan fingerprint density at radius 3 is 2.07 bits per heavy atom. The molecule has 5 nitrogen and oxygen atoms in total. The highest BCUT2D eigenvalue weighted by molar-refractivity contribution is 7.41. The molecule has 0 amide bonds. The molecule has 0 fully saturated rings. The van der Waals surface area contributed by atoms with E-state index < -0.39 is 20.7 Å². The van der Waals surface area contributed by atoms with E-state index in [-0.39, 0.29) is 0 Å². The van der Waals surface area contributed by atoms with Crippen molar-refractivity contribution in [3.8, 4) is 0 Å². The highest BCUT2D eigenvalue weighted by Crippen LogP contribution is 2.40. The average Bonchev–Trinajstić information content (AvgIpc) is 2.18. The number of ether oxygens (including phenoxy) is 1. The van der Waals surface area contributed by atoms with Crippen LogP contribution >= 0.6 is 8.60 Å². The Balaban J connectivity index is 3.96. The summed E-state index contributed by atoms with van der Waals surface area (Å²) in [6.07, 6.45) is -0.658. The Bertz CT molecular complexity index is 170. The van der Waals surface area contributed by atoms with Crippen molar-refractivity contribution in [1.82, 2.24) is 0 Å². The number of carbonyl (C=O) groups excluding carboxylic acids is 1.